The smallest absolute Gasteiger partial charge is 0.324 e. The van der Waals surface area contributed by atoms with Gasteiger partial charge in [-0.1, -0.05) is 0 Å². The zero-order chi connectivity index (χ0) is 21.7. The Morgan fingerprint density at radius 1 is 0.407 bits per heavy atom. The third kappa shape index (κ3) is 13.1. The Balaban J connectivity index is -0.000000411. The molecular formula is C10H2F12O4Pt. The number of Topliss-reactive ketones (excluding diaryl/α,β-unsaturated/α-hetero) is 4. The molecule has 0 aliphatic heterocycles. The number of carbonyl (C=O) groups excluding carboxylic acids is 4. The molecule has 0 amide bonds. The molecule has 0 aromatic rings. The molecule has 0 N–H and O–H groups in total. The maximum Gasteiger partial charge on any atom is 2.00 e. The predicted octanol–water partition coefficient (Wildman–Crippen LogP) is 2.90. The average Bonchev–Trinajstić information content (AvgIpc) is 2.34. The molecule has 0 saturated heterocycles. The molecule has 0 rings (SSSR count). The molecule has 0 radical (unpaired) electrons. The molecule has 0 bridgehead atoms. The summed E-state index contributed by atoms with van der Waals surface area (Å²) >= 11 is 0. The van der Waals surface area contributed by atoms with Gasteiger partial charge in [-0.3, -0.25) is 0 Å². The third-order valence-corrected chi connectivity index (χ3v) is 1.64. The van der Waals surface area contributed by atoms with Gasteiger partial charge in [0.1, 0.15) is 23.1 Å². The second kappa shape index (κ2) is 9.99. The van der Waals surface area contributed by atoms with Gasteiger partial charge in [0.15, 0.2) is 0 Å². The molecule has 0 aliphatic carbocycles. The van der Waals surface area contributed by atoms with Gasteiger partial charge >= 0.3 is 45.8 Å². The van der Waals surface area contributed by atoms with Crippen molar-refractivity contribution in [2.75, 3.05) is 0 Å². The molecule has 0 spiro atoms. The topological polar surface area (TPSA) is 68.3 Å². The molecule has 0 fully saturated rings. The van der Waals surface area contributed by atoms with Crippen molar-refractivity contribution in [3.63, 3.8) is 0 Å². The number of halogens is 12. The summed E-state index contributed by atoms with van der Waals surface area (Å²) in [7, 11) is 0. The van der Waals surface area contributed by atoms with Gasteiger partial charge in [0, 0.05) is 0 Å². The summed E-state index contributed by atoms with van der Waals surface area (Å²) in [6.07, 6.45) is -23.9. The van der Waals surface area contributed by atoms with Crippen LogP contribution in [0.15, 0.2) is 0 Å². The first-order valence-corrected chi connectivity index (χ1v) is 5.24. The molecule has 0 unspecified atom stereocenters. The van der Waals surface area contributed by atoms with E-state index in [0.717, 1.165) is 0 Å². The van der Waals surface area contributed by atoms with E-state index in [1.807, 2.05) is 0 Å². The summed E-state index contributed by atoms with van der Waals surface area (Å²) < 4.78 is 136. The summed E-state index contributed by atoms with van der Waals surface area (Å²) in [5, 5.41) is 0. The van der Waals surface area contributed by atoms with Crippen LogP contribution in [-0.2, 0) is 40.2 Å². The Morgan fingerprint density at radius 3 is 0.593 bits per heavy atom. The first kappa shape index (κ1) is 30.0. The average molecular weight is 609 g/mol. The predicted molar refractivity (Wildman–Crippen MR) is 52.8 cm³/mol. The van der Waals surface area contributed by atoms with Gasteiger partial charge in [0.25, 0.3) is 0 Å². The number of hydrogen-bond donors (Lipinski definition) is 0. The van der Waals surface area contributed by atoms with E-state index >= 15 is 0 Å². The Morgan fingerprint density at radius 2 is 0.519 bits per heavy atom. The molecule has 17 heteroatoms. The number of alkyl halides is 12. The van der Waals surface area contributed by atoms with Crippen molar-refractivity contribution in [1.82, 2.24) is 0 Å². The van der Waals surface area contributed by atoms with Crippen LogP contribution in [-0.4, -0.2) is 47.8 Å². The Bertz CT molecular complexity index is 456. The molecule has 160 valence electrons. The third-order valence-electron chi connectivity index (χ3n) is 1.64. The van der Waals surface area contributed by atoms with Crippen molar-refractivity contribution in [3.8, 4) is 0 Å². The second-order valence-electron chi connectivity index (χ2n) is 3.74. The zero-order valence-corrected chi connectivity index (χ0v) is 13.9. The SMILES string of the molecule is O=C([CH-]C(=O)C(F)(F)F)C(F)(F)F.O=C([CH-]C(=O)C(F)(F)F)C(F)(F)F.[Pt+2]. The van der Waals surface area contributed by atoms with Crippen LogP contribution in [0.25, 0.3) is 0 Å². The quantitative estimate of drug-likeness (QED) is 0.280. The Kier molecular flexibility index (Phi) is 11.1. The molecule has 0 saturated carbocycles. The molecule has 0 aliphatic rings. The summed E-state index contributed by atoms with van der Waals surface area (Å²) in [4.78, 5) is 39.3. The van der Waals surface area contributed by atoms with Crippen LogP contribution in [0.3, 0.4) is 0 Å². The van der Waals surface area contributed by atoms with Gasteiger partial charge in [-0.25, -0.2) is 12.8 Å². The molecule has 0 heterocycles. The minimum atomic E-state index is -5.46. The van der Waals surface area contributed by atoms with E-state index in [0.29, 0.717) is 0 Å². The number of hydrogen-bond acceptors (Lipinski definition) is 4. The normalized spacial score (nSPS) is 12.0. The monoisotopic (exact) mass is 609 g/mol. The maximum atomic E-state index is 11.3. The second-order valence-corrected chi connectivity index (χ2v) is 3.74. The van der Waals surface area contributed by atoms with E-state index in [1.54, 1.807) is 0 Å². The van der Waals surface area contributed by atoms with E-state index in [-0.39, 0.29) is 21.1 Å². The fourth-order valence-electron chi connectivity index (χ4n) is 0.565. The molecule has 0 atom stereocenters. The minimum absolute atomic E-state index is 0. The van der Waals surface area contributed by atoms with Gasteiger partial charge in [0.05, 0.1) is 0 Å². The standard InChI is InChI=1S/2C5HF6O2.Pt/c2*6-4(7,8)2(12)1-3(13)5(9,10)11;/h2*1H;/q2*-1;+2. The minimum Gasteiger partial charge on any atom is -0.324 e. The van der Waals surface area contributed by atoms with E-state index in [2.05, 4.69) is 0 Å². The van der Waals surface area contributed by atoms with Gasteiger partial charge in [-0.15, -0.1) is 0 Å². The van der Waals surface area contributed by atoms with Crippen molar-refractivity contribution in [3.05, 3.63) is 12.8 Å². The number of ketones is 4. The molecular weight excluding hydrogens is 607 g/mol. The summed E-state index contributed by atoms with van der Waals surface area (Å²) in [5.74, 6) is -11.3. The van der Waals surface area contributed by atoms with Crippen molar-refractivity contribution in [2.24, 2.45) is 0 Å². The van der Waals surface area contributed by atoms with Crippen LogP contribution >= 0.6 is 0 Å². The van der Waals surface area contributed by atoms with E-state index in [4.69, 9.17) is 0 Å². The van der Waals surface area contributed by atoms with Crippen LogP contribution < -0.4 is 0 Å². The Labute approximate surface area is 154 Å². The molecule has 27 heavy (non-hydrogen) atoms. The van der Waals surface area contributed by atoms with Gasteiger partial charge in [-0.05, 0) is 0 Å². The maximum absolute atomic E-state index is 11.3. The van der Waals surface area contributed by atoms with Crippen molar-refractivity contribution in [2.45, 2.75) is 24.7 Å². The number of carbonyl (C=O) groups is 4. The first-order valence-electron chi connectivity index (χ1n) is 5.24. The largest absolute Gasteiger partial charge is 2.00 e. The Hall–Kier alpha value is -1.73. The van der Waals surface area contributed by atoms with Crippen LogP contribution in [0.2, 0.25) is 0 Å². The van der Waals surface area contributed by atoms with Crippen molar-refractivity contribution in [1.29, 1.82) is 0 Å². The summed E-state index contributed by atoms with van der Waals surface area (Å²) in [6.45, 7) is 0. The summed E-state index contributed by atoms with van der Waals surface area (Å²) in [6, 6.07) is 0. The fraction of sp³-hybridized carbons (Fsp3) is 0.400. The van der Waals surface area contributed by atoms with E-state index in [1.165, 1.54) is 0 Å². The van der Waals surface area contributed by atoms with E-state index in [9.17, 15) is 71.9 Å². The summed E-state index contributed by atoms with van der Waals surface area (Å²) in [5.41, 5.74) is 0. The van der Waals surface area contributed by atoms with Gasteiger partial charge in [0.2, 0.25) is 0 Å². The van der Waals surface area contributed by atoms with Gasteiger partial charge in [-0.2, -0.15) is 52.7 Å². The van der Waals surface area contributed by atoms with Gasteiger partial charge < -0.3 is 19.2 Å². The van der Waals surface area contributed by atoms with Crippen LogP contribution in [0.4, 0.5) is 52.7 Å². The zero-order valence-electron chi connectivity index (χ0n) is 11.6. The van der Waals surface area contributed by atoms with E-state index < -0.39 is 60.7 Å². The molecule has 4 nitrogen and oxygen atoms in total. The van der Waals surface area contributed by atoms with Crippen LogP contribution in [0.5, 0.6) is 0 Å². The van der Waals surface area contributed by atoms with Crippen molar-refractivity contribution >= 4 is 23.1 Å². The molecule has 0 aromatic carbocycles. The molecule has 0 aromatic heterocycles. The van der Waals surface area contributed by atoms with Crippen LogP contribution in [0, 0.1) is 12.8 Å². The van der Waals surface area contributed by atoms with Crippen molar-refractivity contribution < 1.29 is 92.9 Å². The first-order chi connectivity index (χ1) is 11.1. The fourth-order valence-corrected chi connectivity index (χ4v) is 0.565. The van der Waals surface area contributed by atoms with Crippen LogP contribution in [0.1, 0.15) is 0 Å². The number of rotatable bonds is 4.